The van der Waals surface area contributed by atoms with Crippen LogP contribution in [0.3, 0.4) is 0 Å². The summed E-state index contributed by atoms with van der Waals surface area (Å²) in [7, 11) is 0. The van der Waals surface area contributed by atoms with E-state index in [9.17, 15) is 15.3 Å². The number of fused-ring (bicyclic) bond motifs is 3. The maximum absolute atomic E-state index is 11.1. The number of phenols is 2. The van der Waals surface area contributed by atoms with E-state index < -0.39 is 0 Å². The van der Waals surface area contributed by atoms with E-state index in [0.717, 1.165) is 16.5 Å². The molecule has 5 rings (SSSR count). The van der Waals surface area contributed by atoms with Crippen molar-refractivity contribution in [3.05, 3.63) is 71.3 Å². The molecule has 3 N–H and O–H groups in total. The predicted molar refractivity (Wildman–Crippen MR) is 147 cm³/mol. The van der Waals surface area contributed by atoms with Crippen molar-refractivity contribution in [2.75, 3.05) is 0 Å². The molecule has 0 aliphatic rings. The molecule has 0 fully saturated rings. The minimum absolute atomic E-state index is 0.0532. The van der Waals surface area contributed by atoms with E-state index in [2.05, 4.69) is 58.7 Å². The summed E-state index contributed by atoms with van der Waals surface area (Å²) in [6, 6.07) is 16.7. The Bertz CT molecular complexity index is 1680. The molecule has 0 spiro atoms. The summed E-state index contributed by atoms with van der Waals surface area (Å²) in [6.45, 7) is 12.8. The lowest BCUT2D eigenvalue weighted by Gasteiger charge is -2.25. The zero-order valence-corrected chi connectivity index (χ0v) is 21.5. The van der Waals surface area contributed by atoms with Gasteiger partial charge in [-0.1, -0.05) is 84.0 Å². The Morgan fingerprint density at radius 3 is 2.00 bits per heavy atom. The van der Waals surface area contributed by atoms with Crippen LogP contribution in [0.5, 0.6) is 17.4 Å². The Labute approximate surface area is 210 Å². The van der Waals surface area contributed by atoms with Gasteiger partial charge in [0.2, 0.25) is 0 Å². The zero-order chi connectivity index (χ0) is 26.0. The number of benzene rings is 4. The second kappa shape index (κ2) is 8.02. The molecule has 0 aliphatic carbocycles. The van der Waals surface area contributed by atoms with Gasteiger partial charge in [-0.3, -0.25) is 4.99 Å². The summed E-state index contributed by atoms with van der Waals surface area (Å²) in [5.74, 6) is -0.0581. The second-order valence-corrected chi connectivity index (χ2v) is 11.4. The fourth-order valence-electron chi connectivity index (χ4n) is 4.72. The summed E-state index contributed by atoms with van der Waals surface area (Å²) >= 11 is 0. The number of aromatic hydroxyl groups is 3. The van der Waals surface area contributed by atoms with Crippen molar-refractivity contribution in [3.63, 3.8) is 0 Å². The highest BCUT2D eigenvalue weighted by atomic mass is 16.5. The summed E-state index contributed by atoms with van der Waals surface area (Å²) in [5.41, 5.74) is 3.44. The molecule has 1 heterocycles. The van der Waals surface area contributed by atoms with E-state index in [1.54, 1.807) is 36.5 Å². The van der Waals surface area contributed by atoms with Gasteiger partial charge >= 0.3 is 0 Å². The van der Waals surface area contributed by atoms with Gasteiger partial charge in [-0.05, 0) is 28.5 Å². The summed E-state index contributed by atoms with van der Waals surface area (Å²) in [4.78, 5) is 4.66. The van der Waals surface area contributed by atoms with Crippen LogP contribution in [0.1, 0.15) is 58.2 Å². The Hall–Kier alpha value is -3.99. The Balaban J connectivity index is 1.75. The molecule has 184 valence electrons. The number of furan rings is 1. The number of hydrogen-bond acceptors (Lipinski definition) is 5. The molecule has 0 unspecified atom stereocenters. The predicted octanol–water partition coefficient (Wildman–Crippen LogP) is 8.20. The number of phenolic OH excluding ortho intramolecular Hbond substituents is 2. The maximum atomic E-state index is 11.1. The van der Waals surface area contributed by atoms with Gasteiger partial charge in [0.15, 0.2) is 0 Å². The van der Waals surface area contributed by atoms with Gasteiger partial charge in [-0.2, -0.15) is 0 Å². The van der Waals surface area contributed by atoms with E-state index in [1.807, 2.05) is 12.1 Å². The summed E-state index contributed by atoms with van der Waals surface area (Å²) in [5, 5.41) is 35.7. The molecule has 4 aromatic carbocycles. The normalized spacial score (nSPS) is 12.9. The van der Waals surface area contributed by atoms with Crippen LogP contribution in [0.2, 0.25) is 0 Å². The third-order valence-electron chi connectivity index (χ3n) is 6.79. The molecule has 5 nitrogen and oxygen atoms in total. The van der Waals surface area contributed by atoms with Crippen molar-refractivity contribution < 1.29 is 19.7 Å². The number of rotatable bonds is 2. The van der Waals surface area contributed by atoms with Crippen LogP contribution in [0.4, 0.5) is 5.69 Å². The van der Waals surface area contributed by atoms with Gasteiger partial charge in [0, 0.05) is 33.3 Å². The Morgan fingerprint density at radius 2 is 1.36 bits per heavy atom. The maximum Gasteiger partial charge on any atom is 0.292 e. The third-order valence-corrected chi connectivity index (χ3v) is 6.79. The molecule has 0 aliphatic heterocycles. The topological polar surface area (TPSA) is 86.2 Å². The zero-order valence-electron chi connectivity index (χ0n) is 21.5. The number of aliphatic imine (C=N–C) groups is 1. The highest BCUT2D eigenvalue weighted by Crippen LogP contribution is 2.45. The average Bonchev–Trinajstić information content (AvgIpc) is 3.13. The first-order valence-electron chi connectivity index (χ1n) is 12.1. The molecule has 0 bridgehead atoms. The minimum Gasteiger partial charge on any atom is -0.507 e. The van der Waals surface area contributed by atoms with Crippen LogP contribution < -0.4 is 0 Å². The molecule has 0 radical (unpaired) electrons. The minimum atomic E-state index is -0.205. The van der Waals surface area contributed by atoms with Crippen molar-refractivity contribution in [1.29, 1.82) is 0 Å². The first-order valence-corrected chi connectivity index (χ1v) is 12.1. The van der Waals surface area contributed by atoms with Crippen LogP contribution in [0, 0.1) is 0 Å². The highest BCUT2D eigenvalue weighted by molar-refractivity contribution is 6.15. The van der Waals surface area contributed by atoms with Crippen molar-refractivity contribution >= 4 is 44.4 Å². The molecule has 0 amide bonds. The highest BCUT2D eigenvalue weighted by Gasteiger charge is 2.27. The van der Waals surface area contributed by atoms with Crippen molar-refractivity contribution in [1.82, 2.24) is 0 Å². The van der Waals surface area contributed by atoms with Gasteiger partial charge in [-0.25, -0.2) is 0 Å². The lowest BCUT2D eigenvalue weighted by Crippen LogP contribution is -2.16. The van der Waals surface area contributed by atoms with Crippen LogP contribution >= 0.6 is 0 Å². The lowest BCUT2D eigenvalue weighted by molar-refractivity contribution is 0.344. The molecule has 0 saturated carbocycles. The van der Waals surface area contributed by atoms with Gasteiger partial charge in [0.25, 0.3) is 5.95 Å². The molecular weight excluding hydrogens is 450 g/mol. The molecule has 5 heteroatoms. The fourth-order valence-corrected chi connectivity index (χ4v) is 4.72. The van der Waals surface area contributed by atoms with Crippen LogP contribution in [0.15, 0.2) is 64.0 Å². The molecule has 36 heavy (non-hydrogen) atoms. The quantitative estimate of drug-likeness (QED) is 0.135. The van der Waals surface area contributed by atoms with E-state index in [0.29, 0.717) is 38.4 Å². The van der Waals surface area contributed by atoms with E-state index >= 15 is 0 Å². The summed E-state index contributed by atoms with van der Waals surface area (Å²) < 4.78 is 5.88. The van der Waals surface area contributed by atoms with Crippen LogP contribution in [-0.4, -0.2) is 21.5 Å². The lowest BCUT2D eigenvalue weighted by atomic mass is 9.79. The molecule has 0 atom stereocenters. The van der Waals surface area contributed by atoms with E-state index in [-0.39, 0.29) is 28.3 Å². The number of hydrogen-bond donors (Lipinski definition) is 3. The number of nitrogens with zero attached hydrogens (tertiary/aromatic N) is 1. The van der Waals surface area contributed by atoms with Gasteiger partial charge in [0.05, 0.1) is 16.6 Å². The first-order chi connectivity index (χ1) is 16.9. The van der Waals surface area contributed by atoms with Crippen molar-refractivity contribution in [3.8, 4) is 17.4 Å². The molecule has 5 aromatic rings. The Morgan fingerprint density at radius 1 is 0.722 bits per heavy atom. The molecular formula is C31H31NO4. The van der Waals surface area contributed by atoms with E-state index in [4.69, 9.17) is 4.42 Å². The average molecular weight is 482 g/mol. The van der Waals surface area contributed by atoms with Crippen molar-refractivity contribution in [2.24, 2.45) is 4.99 Å². The first kappa shape index (κ1) is 23.7. The van der Waals surface area contributed by atoms with Gasteiger partial charge in [0.1, 0.15) is 17.1 Å². The van der Waals surface area contributed by atoms with Crippen molar-refractivity contribution in [2.45, 2.75) is 52.4 Å². The molecule has 0 saturated heterocycles. The van der Waals surface area contributed by atoms with Gasteiger partial charge in [-0.15, -0.1) is 0 Å². The monoisotopic (exact) mass is 481 g/mol. The second-order valence-electron chi connectivity index (χ2n) is 11.4. The molecule has 1 aromatic heterocycles. The fraction of sp³-hybridized carbons (Fsp3) is 0.258. The van der Waals surface area contributed by atoms with Gasteiger partial charge < -0.3 is 19.7 Å². The smallest absolute Gasteiger partial charge is 0.292 e. The SMILES string of the molecule is CC(C)(C)c1cc(C(C)(C)C)c2oc(O)c(C=Nc3cccc4c(O)c5ccccc5c(O)c34)c2c1. The standard InChI is InChI=1S/C31H31NO4/c1-30(2,3)17-14-21-22(29(35)36-28(21)23(15-17)31(4,5)6)16-32-24-13-9-12-20-25(24)27(34)19-11-8-7-10-18(19)26(20)33/h7-16,33-35H,1-6H3. The third kappa shape index (κ3) is 3.76. The van der Waals surface area contributed by atoms with Crippen LogP contribution in [-0.2, 0) is 10.8 Å². The summed E-state index contributed by atoms with van der Waals surface area (Å²) in [6.07, 6.45) is 1.57. The van der Waals surface area contributed by atoms with Crippen LogP contribution in [0.25, 0.3) is 32.5 Å². The Kier molecular flexibility index (Phi) is 5.29. The van der Waals surface area contributed by atoms with E-state index in [1.165, 1.54) is 0 Å². The largest absolute Gasteiger partial charge is 0.507 e.